The van der Waals surface area contributed by atoms with Crippen molar-refractivity contribution in [1.29, 1.82) is 0 Å². The Kier molecular flexibility index (Phi) is 5.11. The van der Waals surface area contributed by atoms with Crippen molar-refractivity contribution in [2.24, 2.45) is 10.9 Å². The van der Waals surface area contributed by atoms with Gasteiger partial charge in [-0.25, -0.2) is 4.98 Å². The summed E-state index contributed by atoms with van der Waals surface area (Å²) in [5.41, 5.74) is 6.63. The summed E-state index contributed by atoms with van der Waals surface area (Å²) in [6.07, 6.45) is 0.734. The van der Waals surface area contributed by atoms with Crippen molar-refractivity contribution < 1.29 is 14.7 Å². The van der Waals surface area contributed by atoms with Crippen LogP contribution < -0.4 is 10.5 Å². The van der Waals surface area contributed by atoms with E-state index >= 15 is 0 Å². The molecule has 0 bridgehead atoms. The third-order valence-corrected chi connectivity index (χ3v) is 2.84. The Morgan fingerprint density at radius 2 is 2.16 bits per heavy atom. The zero-order valence-electron chi connectivity index (χ0n) is 11.8. The molecule has 0 saturated heterocycles. The first-order valence-corrected chi connectivity index (χ1v) is 6.02. The monoisotopic (exact) mass is 267 g/mol. The zero-order chi connectivity index (χ0) is 14.5. The van der Waals surface area contributed by atoms with E-state index in [1.54, 1.807) is 19.2 Å². The molecule has 1 aromatic rings. The molecule has 0 aliphatic heterocycles. The first kappa shape index (κ1) is 15.2. The van der Waals surface area contributed by atoms with Crippen LogP contribution in [0.1, 0.15) is 31.5 Å². The largest absolute Gasteiger partial charge is 0.478 e. The van der Waals surface area contributed by atoms with E-state index in [0.29, 0.717) is 18.1 Å². The van der Waals surface area contributed by atoms with Crippen LogP contribution in [0.2, 0.25) is 0 Å². The quantitative estimate of drug-likeness (QED) is 0.354. The second kappa shape index (κ2) is 6.38. The molecule has 0 amide bonds. The molecule has 1 heterocycles. The number of rotatable bonds is 6. The number of ether oxygens (including phenoxy) is 2. The molecule has 1 aromatic heterocycles. The molecule has 106 valence electrons. The molecule has 3 N–H and O–H groups in total. The second-order valence-corrected chi connectivity index (χ2v) is 4.88. The number of aromatic nitrogens is 1. The van der Waals surface area contributed by atoms with Crippen LogP contribution in [-0.4, -0.2) is 35.3 Å². The number of oxime groups is 1. The van der Waals surface area contributed by atoms with Crippen molar-refractivity contribution in [3.05, 3.63) is 23.4 Å². The molecule has 0 atom stereocenters. The maximum atomic E-state index is 8.67. The lowest BCUT2D eigenvalue weighted by Crippen LogP contribution is -2.25. The molecular formula is C13H21N3O3. The smallest absolute Gasteiger partial charge is 0.214 e. The third-order valence-electron chi connectivity index (χ3n) is 2.84. The summed E-state index contributed by atoms with van der Waals surface area (Å²) in [7, 11) is 1.67. The Morgan fingerprint density at radius 3 is 2.74 bits per heavy atom. The lowest BCUT2D eigenvalue weighted by molar-refractivity contribution is 0.00508. The van der Waals surface area contributed by atoms with Crippen molar-refractivity contribution in [3.63, 3.8) is 0 Å². The van der Waals surface area contributed by atoms with Gasteiger partial charge >= 0.3 is 0 Å². The fourth-order valence-electron chi connectivity index (χ4n) is 1.42. The standard InChI is InChI=1S/C13H21N3O3/c1-9-7-10(12(14)16-17)8-11(15-9)19-6-5-13(2,3)18-4/h7-8,17H,5-6H2,1-4H3,(H2,14,16). The summed E-state index contributed by atoms with van der Waals surface area (Å²) < 4.78 is 10.9. The molecule has 6 heteroatoms. The van der Waals surface area contributed by atoms with Gasteiger partial charge in [0.05, 0.1) is 12.2 Å². The van der Waals surface area contributed by atoms with Gasteiger partial charge in [-0.15, -0.1) is 0 Å². The summed E-state index contributed by atoms with van der Waals surface area (Å²) in [4.78, 5) is 4.24. The lowest BCUT2D eigenvalue weighted by atomic mass is 10.1. The van der Waals surface area contributed by atoms with Crippen LogP contribution in [0.4, 0.5) is 0 Å². The van der Waals surface area contributed by atoms with Gasteiger partial charge in [0.2, 0.25) is 5.88 Å². The van der Waals surface area contributed by atoms with Crippen LogP contribution in [0, 0.1) is 6.92 Å². The molecule has 19 heavy (non-hydrogen) atoms. The zero-order valence-corrected chi connectivity index (χ0v) is 11.8. The van der Waals surface area contributed by atoms with E-state index in [-0.39, 0.29) is 11.4 Å². The predicted molar refractivity (Wildman–Crippen MR) is 72.7 cm³/mol. The van der Waals surface area contributed by atoms with Crippen LogP contribution in [0.25, 0.3) is 0 Å². The summed E-state index contributed by atoms with van der Waals surface area (Å²) in [6, 6.07) is 3.36. The van der Waals surface area contributed by atoms with Gasteiger partial charge in [0.15, 0.2) is 5.84 Å². The number of methoxy groups -OCH3 is 1. The van der Waals surface area contributed by atoms with Crippen molar-refractivity contribution in [1.82, 2.24) is 4.98 Å². The Hall–Kier alpha value is -1.82. The highest BCUT2D eigenvalue weighted by Crippen LogP contribution is 2.16. The van der Waals surface area contributed by atoms with E-state index in [1.165, 1.54) is 0 Å². The van der Waals surface area contributed by atoms with Crippen molar-refractivity contribution >= 4 is 5.84 Å². The van der Waals surface area contributed by atoms with E-state index in [9.17, 15) is 0 Å². The average molecular weight is 267 g/mol. The molecule has 0 saturated carbocycles. The van der Waals surface area contributed by atoms with Gasteiger partial charge in [-0.2, -0.15) is 0 Å². The van der Waals surface area contributed by atoms with Gasteiger partial charge in [0.1, 0.15) is 0 Å². The van der Waals surface area contributed by atoms with E-state index in [4.69, 9.17) is 20.4 Å². The summed E-state index contributed by atoms with van der Waals surface area (Å²) in [5, 5.41) is 11.6. The van der Waals surface area contributed by atoms with Crippen LogP contribution in [-0.2, 0) is 4.74 Å². The van der Waals surface area contributed by atoms with Crippen molar-refractivity contribution in [2.45, 2.75) is 32.8 Å². The topological polar surface area (TPSA) is 90.0 Å². The fraction of sp³-hybridized carbons (Fsp3) is 0.538. The number of pyridine rings is 1. The lowest BCUT2D eigenvalue weighted by Gasteiger charge is -2.22. The van der Waals surface area contributed by atoms with Gasteiger partial charge in [-0.3, -0.25) is 0 Å². The number of amidine groups is 1. The van der Waals surface area contributed by atoms with Crippen LogP contribution in [0.5, 0.6) is 5.88 Å². The molecule has 0 aliphatic rings. The SMILES string of the molecule is COC(C)(C)CCOc1cc(/C(N)=N/O)cc(C)n1. The van der Waals surface area contributed by atoms with Crippen LogP contribution in [0.3, 0.4) is 0 Å². The molecule has 1 rings (SSSR count). The minimum Gasteiger partial charge on any atom is -0.478 e. The van der Waals surface area contributed by atoms with Gasteiger partial charge in [-0.05, 0) is 26.8 Å². The molecule has 0 aliphatic carbocycles. The highest BCUT2D eigenvalue weighted by Gasteiger charge is 2.16. The van der Waals surface area contributed by atoms with Crippen LogP contribution >= 0.6 is 0 Å². The minimum atomic E-state index is -0.238. The van der Waals surface area contributed by atoms with E-state index in [0.717, 1.165) is 12.1 Å². The maximum absolute atomic E-state index is 8.67. The molecule has 0 spiro atoms. The molecule has 0 radical (unpaired) electrons. The van der Waals surface area contributed by atoms with E-state index < -0.39 is 0 Å². The Balaban J connectivity index is 2.72. The van der Waals surface area contributed by atoms with Gasteiger partial charge in [0.25, 0.3) is 0 Å². The Bertz CT molecular complexity index is 458. The van der Waals surface area contributed by atoms with Gasteiger partial charge < -0.3 is 20.4 Å². The van der Waals surface area contributed by atoms with Crippen molar-refractivity contribution in [2.75, 3.05) is 13.7 Å². The average Bonchev–Trinajstić information content (AvgIpc) is 2.37. The normalized spacial score (nSPS) is 12.5. The molecular weight excluding hydrogens is 246 g/mol. The number of nitrogens with zero attached hydrogens (tertiary/aromatic N) is 2. The van der Waals surface area contributed by atoms with Crippen molar-refractivity contribution in [3.8, 4) is 5.88 Å². The molecule has 0 aromatic carbocycles. The maximum Gasteiger partial charge on any atom is 0.214 e. The predicted octanol–water partition coefficient (Wildman–Crippen LogP) is 1.68. The van der Waals surface area contributed by atoms with Gasteiger partial charge in [-0.1, -0.05) is 5.16 Å². The summed E-state index contributed by atoms with van der Waals surface area (Å²) in [5.74, 6) is 0.487. The van der Waals surface area contributed by atoms with Crippen LogP contribution in [0.15, 0.2) is 17.3 Å². The number of hydrogen-bond acceptors (Lipinski definition) is 5. The summed E-state index contributed by atoms with van der Waals surface area (Å²) in [6.45, 7) is 6.27. The summed E-state index contributed by atoms with van der Waals surface area (Å²) >= 11 is 0. The van der Waals surface area contributed by atoms with E-state index in [1.807, 2.05) is 20.8 Å². The Morgan fingerprint density at radius 1 is 1.47 bits per heavy atom. The minimum absolute atomic E-state index is 0.0348. The number of hydrogen-bond donors (Lipinski definition) is 2. The fourth-order valence-corrected chi connectivity index (χ4v) is 1.42. The highest BCUT2D eigenvalue weighted by atomic mass is 16.5. The van der Waals surface area contributed by atoms with Gasteiger partial charge in [0, 0.05) is 30.9 Å². The second-order valence-electron chi connectivity index (χ2n) is 4.88. The first-order valence-electron chi connectivity index (χ1n) is 6.02. The molecule has 0 unspecified atom stereocenters. The van der Waals surface area contributed by atoms with E-state index in [2.05, 4.69) is 10.1 Å². The number of nitrogens with two attached hydrogens (primary N) is 1. The third kappa shape index (κ3) is 4.75. The molecule has 6 nitrogen and oxygen atoms in total. The highest BCUT2D eigenvalue weighted by molar-refractivity contribution is 5.97. The molecule has 0 fully saturated rings. The first-order chi connectivity index (χ1) is 8.88. The number of aryl methyl sites for hydroxylation is 1. The Labute approximate surface area is 113 Å².